The molecular weight excluding hydrogens is 309 g/mol. The van der Waals surface area contributed by atoms with E-state index in [4.69, 9.17) is 23.2 Å². The van der Waals surface area contributed by atoms with Gasteiger partial charge in [-0.1, -0.05) is 23.2 Å². The van der Waals surface area contributed by atoms with Gasteiger partial charge in [-0.2, -0.15) is 5.10 Å². The van der Waals surface area contributed by atoms with E-state index in [9.17, 15) is 14.9 Å². The fourth-order valence-electron chi connectivity index (χ4n) is 1.42. The largest absolute Gasteiger partial charge is 0.345 e. The molecule has 8 nitrogen and oxygen atoms in total. The van der Waals surface area contributed by atoms with Crippen molar-refractivity contribution in [1.82, 2.24) is 20.5 Å². The van der Waals surface area contributed by atoms with Crippen LogP contribution < -0.4 is 5.32 Å². The second-order valence-electron chi connectivity index (χ2n) is 3.66. The van der Waals surface area contributed by atoms with Gasteiger partial charge < -0.3 is 5.32 Å². The number of aromatic amines is 1. The van der Waals surface area contributed by atoms with E-state index in [1.807, 2.05) is 0 Å². The van der Waals surface area contributed by atoms with Crippen LogP contribution in [0.4, 0.5) is 5.69 Å². The Hall–Kier alpha value is -2.19. The zero-order valence-electron chi connectivity index (χ0n) is 9.76. The first kappa shape index (κ1) is 14.2. The molecule has 0 aliphatic heterocycles. The van der Waals surface area contributed by atoms with Crippen molar-refractivity contribution in [3.05, 3.63) is 50.0 Å². The van der Waals surface area contributed by atoms with Crippen LogP contribution in [0.25, 0.3) is 0 Å². The number of hydrogen-bond acceptors (Lipinski definition) is 5. The smallest absolute Gasteiger partial charge is 0.290 e. The lowest BCUT2D eigenvalue weighted by molar-refractivity contribution is -0.384. The standard InChI is InChI=1S/C10H7Cl2N5O3/c11-6-1-5(2-7(9(6)12)17(19)20)10(18)13-3-8-14-4-15-16-8/h1-2,4H,3H2,(H,13,18)(H,14,15,16). The SMILES string of the molecule is O=C(NCc1ncn[nH]1)c1cc(Cl)c(Cl)c([N+](=O)[O-])c1. The number of nitrogens with one attached hydrogen (secondary N) is 2. The minimum Gasteiger partial charge on any atom is -0.345 e. The number of H-pyrrole nitrogens is 1. The summed E-state index contributed by atoms with van der Waals surface area (Å²) in [6, 6.07) is 2.32. The summed E-state index contributed by atoms with van der Waals surface area (Å²) in [5.41, 5.74) is -0.394. The summed E-state index contributed by atoms with van der Waals surface area (Å²) in [6.07, 6.45) is 1.30. The molecule has 0 bridgehead atoms. The highest BCUT2D eigenvalue weighted by Crippen LogP contribution is 2.32. The molecule has 1 amide bonds. The van der Waals surface area contributed by atoms with Crippen LogP contribution in [-0.4, -0.2) is 26.0 Å². The molecule has 104 valence electrons. The molecule has 1 heterocycles. The minimum absolute atomic E-state index is 0.0330. The molecule has 0 aliphatic rings. The van der Waals surface area contributed by atoms with Gasteiger partial charge in [0.25, 0.3) is 11.6 Å². The van der Waals surface area contributed by atoms with E-state index in [-0.39, 0.29) is 22.2 Å². The van der Waals surface area contributed by atoms with Crippen molar-refractivity contribution in [1.29, 1.82) is 0 Å². The Morgan fingerprint density at radius 3 is 2.80 bits per heavy atom. The number of rotatable bonds is 4. The second kappa shape index (κ2) is 5.85. The average Bonchev–Trinajstić information content (AvgIpc) is 2.91. The first-order chi connectivity index (χ1) is 9.49. The number of nitro benzene ring substituents is 1. The molecule has 0 atom stereocenters. The van der Waals surface area contributed by atoms with E-state index in [2.05, 4.69) is 20.5 Å². The molecule has 0 saturated carbocycles. The molecule has 0 saturated heterocycles. The quantitative estimate of drug-likeness (QED) is 0.661. The third kappa shape index (κ3) is 3.03. The summed E-state index contributed by atoms with van der Waals surface area (Å²) in [4.78, 5) is 25.8. The first-order valence-corrected chi connectivity index (χ1v) is 6.00. The lowest BCUT2D eigenvalue weighted by Gasteiger charge is -2.05. The van der Waals surface area contributed by atoms with Gasteiger partial charge in [0, 0.05) is 11.6 Å². The van der Waals surface area contributed by atoms with Gasteiger partial charge in [0.1, 0.15) is 17.2 Å². The molecule has 0 aliphatic carbocycles. The Labute approximate surface area is 122 Å². The normalized spacial score (nSPS) is 10.3. The minimum atomic E-state index is -0.707. The molecule has 1 aromatic carbocycles. The van der Waals surface area contributed by atoms with Crippen molar-refractivity contribution in [2.24, 2.45) is 0 Å². The fourth-order valence-corrected chi connectivity index (χ4v) is 1.81. The third-order valence-electron chi connectivity index (χ3n) is 2.35. The van der Waals surface area contributed by atoms with Gasteiger partial charge in [-0.3, -0.25) is 20.0 Å². The fraction of sp³-hybridized carbons (Fsp3) is 0.100. The number of benzene rings is 1. The Morgan fingerprint density at radius 2 is 2.20 bits per heavy atom. The van der Waals surface area contributed by atoms with Gasteiger partial charge in [-0.05, 0) is 6.07 Å². The number of carbonyl (C=O) groups excluding carboxylic acids is 1. The van der Waals surface area contributed by atoms with Crippen molar-refractivity contribution in [3.8, 4) is 0 Å². The zero-order chi connectivity index (χ0) is 14.7. The molecule has 0 radical (unpaired) electrons. The molecule has 0 unspecified atom stereocenters. The molecule has 20 heavy (non-hydrogen) atoms. The molecule has 2 N–H and O–H groups in total. The van der Waals surface area contributed by atoms with E-state index in [1.54, 1.807) is 0 Å². The van der Waals surface area contributed by atoms with Gasteiger partial charge in [0.05, 0.1) is 16.5 Å². The van der Waals surface area contributed by atoms with Crippen LogP contribution in [0.2, 0.25) is 10.0 Å². The maximum atomic E-state index is 11.9. The third-order valence-corrected chi connectivity index (χ3v) is 3.14. The van der Waals surface area contributed by atoms with E-state index in [0.29, 0.717) is 5.82 Å². The van der Waals surface area contributed by atoms with E-state index < -0.39 is 16.5 Å². The predicted molar refractivity (Wildman–Crippen MR) is 70.7 cm³/mol. The van der Waals surface area contributed by atoms with Crippen LogP contribution in [0.3, 0.4) is 0 Å². The number of amides is 1. The molecular formula is C10H7Cl2N5O3. The van der Waals surface area contributed by atoms with Crippen LogP contribution in [0.15, 0.2) is 18.5 Å². The van der Waals surface area contributed by atoms with Crippen molar-refractivity contribution in [2.45, 2.75) is 6.54 Å². The number of carbonyl (C=O) groups is 1. The van der Waals surface area contributed by atoms with Gasteiger partial charge >= 0.3 is 0 Å². The van der Waals surface area contributed by atoms with Crippen molar-refractivity contribution >= 4 is 34.8 Å². The summed E-state index contributed by atoms with van der Waals surface area (Å²) in [6.45, 7) is 0.104. The van der Waals surface area contributed by atoms with Crippen LogP contribution >= 0.6 is 23.2 Å². The number of halogens is 2. The Balaban J connectivity index is 2.19. The van der Waals surface area contributed by atoms with Crippen LogP contribution in [0, 0.1) is 10.1 Å². The lowest BCUT2D eigenvalue weighted by Crippen LogP contribution is -2.23. The Kier molecular flexibility index (Phi) is 4.16. The second-order valence-corrected chi connectivity index (χ2v) is 4.45. The molecule has 0 fully saturated rings. The van der Waals surface area contributed by atoms with Crippen LogP contribution in [-0.2, 0) is 6.54 Å². The molecule has 10 heteroatoms. The van der Waals surface area contributed by atoms with E-state index in [1.165, 1.54) is 12.4 Å². The molecule has 1 aromatic heterocycles. The summed E-state index contributed by atoms with van der Waals surface area (Å²) >= 11 is 11.5. The number of aromatic nitrogens is 3. The van der Waals surface area contributed by atoms with Crippen molar-refractivity contribution in [3.63, 3.8) is 0 Å². The summed E-state index contributed by atoms with van der Waals surface area (Å²) < 4.78 is 0. The van der Waals surface area contributed by atoms with Crippen LogP contribution in [0.1, 0.15) is 16.2 Å². The van der Waals surface area contributed by atoms with E-state index >= 15 is 0 Å². The van der Waals surface area contributed by atoms with Crippen LogP contribution in [0.5, 0.6) is 0 Å². The Morgan fingerprint density at radius 1 is 1.45 bits per heavy atom. The summed E-state index contributed by atoms with van der Waals surface area (Å²) in [5, 5.41) is 19.2. The topological polar surface area (TPSA) is 114 Å². The summed E-state index contributed by atoms with van der Waals surface area (Å²) in [5.74, 6) is -0.0871. The number of hydrogen-bond donors (Lipinski definition) is 2. The predicted octanol–water partition coefficient (Wildman–Crippen LogP) is 1.95. The molecule has 2 aromatic rings. The maximum absolute atomic E-state index is 11.9. The number of nitrogens with zero attached hydrogens (tertiary/aromatic N) is 3. The lowest BCUT2D eigenvalue weighted by atomic mass is 10.2. The van der Waals surface area contributed by atoms with Gasteiger partial charge in [-0.25, -0.2) is 4.98 Å². The first-order valence-electron chi connectivity index (χ1n) is 5.25. The Bertz CT molecular complexity index is 659. The number of nitro groups is 1. The highest BCUT2D eigenvalue weighted by molar-refractivity contribution is 6.43. The van der Waals surface area contributed by atoms with Gasteiger partial charge in [-0.15, -0.1) is 0 Å². The molecule has 0 spiro atoms. The highest BCUT2D eigenvalue weighted by Gasteiger charge is 2.20. The highest BCUT2D eigenvalue weighted by atomic mass is 35.5. The molecule has 2 rings (SSSR count). The zero-order valence-corrected chi connectivity index (χ0v) is 11.3. The van der Waals surface area contributed by atoms with Gasteiger partial charge in [0.15, 0.2) is 0 Å². The average molecular weight is 316 g/mol. The van der Waals surface area contributed by atoms with Crippen molar-refractivity contribution < 1.29 is 9.72 Å². The van der Waals surface area contributed by atoms with E-state index in [0.717, 1.165) is 6.07 Å². The monoisotopic (exact) mass is 315 g/mol. The maximum Gasteiger partial charge on any atom is 0.290 e. The van der Waals surface area contributed by atoms with Gasteiger partial charge in [0.2, 0.25) is 0 Å². The van der Waals surface area contributed by atoms with Crippen molar-refractivity contribution in [2.75, 3.05) is 0 Å². The summed E-state index contributed by atoms with van der Waals surface area (Å²) in [7, 11) is 0.